The molecule has 4 aliphatic carbocycles. The third-order valence-corrected chi connectivity index (χ3v) is 11.2. The maximum atomic E-state index is 12.4. The summed E-state index contributed by atoms with van der Waals surface area (Å²) < 4.78 is 11.4. The zero-order chi connectivity index (χ0) is 25.3. The molecule has 5 aliphatic rings. The number of aliphatic hydroxyl groups excluding tert-OH is 3. The van der Waals surface area contributed by atoms with Gasteiger partial charge in [0.25, 0.3) is 0 Å². The number of carbonyl (C=O) groups is 2. The molecule has 5 rings (SSSR count). The standard InChI is InChI=1S/C27H42O8/c1-13(28)17-6-7-18-16-5-4-14-12-15(8-10-26(14,2)19(16)9-11-27(17,18)3)34-25-22(31)20(29)21(30)23(35-25)24(32)33/h14-23,25,29-31H,4-12H2,1-3H3,(H,32,33)/t14?,15-,16?,17?,18?,19?,20+,21+,22-,23?,25-,26?,27?/m1/s1. The lowest BCUT2D eigenvalue weighted by Crippen LogP contribution is -2.61. The average molecular weight is 495 g/mol. The van der Waals surface area contributed by atoms with E-state index in [4.69, 9.17) is 9.47 Å². The number of fused-ring (bicyclic) bond motifs is 5. The molecule has 1 aliphatic heterocycles. The summed E-state index contributed by atoms with van der Waals surface area (Å²) in [5.41, 5.74) is 0.362. The van der Waals surface area contributed by atoms with Crippen LogP contribution in [0.1, 0.15) is 78.6 Å². The fourth-order valence-electron chi connectivity index (χ4n) is 9.36. The largest absolute Gasteiger partial charge is 0.479 e. The molecular weight excluding hydrogens is 452 g/mol. The molecule has 198 valence electrons. The molecule has 1 heterocycles. The molecule has 0 bridgehead atoms. The highest BCUT2D eigenvalue weighted by atomic mass is 16.7. The van der Waals surface area contributed by atoms with Gasteiger partial charge in [0, 0.05) is 5.92 Å². The third-order valence-electron chi connectivity index (χ3n) is 11.2. The number of carbonyl (C=O) groups excluding carboxylic acids is 1. The maximum absolute atomic E-state index is 12.4. The Kier molecular flexibility index (Phi) is 6.61. The van der Waals surface area contributed by atoms with E-state index in [2.05, 4.69) is 13.8 Å². The van der Waals surface area contributed by atoms with Gasteiger partial charge in [0.05, 0.1) is 6.10 Å². The second-order valence-corrected chi connectivity index (χ2v) is 12.7. The van der Waals surface area contributed by atoms with Crippen molar-refractivity contribution in [1.29, 1.82) is 0 Å². The molecule has 0 radical (unpaired) electrons. The van der Waals surface area contributed by atoms with Gasteiger partial charge in [-0.3, -0.25) is 4.79 Å². The van der Waals surface area contributed by atoms with Crippen LogP contribution in [0.5, 0.6) is 0 Å². The van der Waals surface area contributed by atoms with E-state index < -0.39 is 36.7 Å². The Balaban J connectivity index is 1.26. The molecule has 5 fully saturated rings. The first kappa shape index (κ1) is 25.6. The van der Waals surface area contributed by atoms with Crippen molar-refractivity contribution in [3.05, 3.63) is 0 Å². The molecule has 0 aromatic carbocycles. The summed E-state index contributed by atoms with van der Waals surface area (Å²) in [5.74, 6) is 1.62. The van der Waals surface area contributed by atoms with Gasteiger partial charge in [-0.05, 0) is 99.2 Å². The van der Waals surface area contributed by atoms with Gasteiger partial charge in [-0.1, -0.05) is 13.8 Å². The molecule has 0 amide bonds. The monoisotopic (exact) mass is 494 g/mol. The lowest BCUT2D eigenvalue weighted by Gasteiger charge is -2.61. The molecule has 4 N–H and O–H groups in total. The Labute approximate surface area is 207 Å². The first-order valence-corrected chi connectivity index (χ1v) is 13.6. The number of ether oxygens (including phenoxy) is 2. The number of aliphatic carboxylic acids is 1. The van der Waals surface area contributed by atoms with E-state index in [0.29, 0.717) is 29.5 Å². The fourth-order valence-corrected chi connectivity index (χ4v) is 9.36. The molecule has 35 heavy (non-hydrogen) atoms. The molecule has 8 unspecified atom stereocenters. The number of hydrogen-bond donors (Lipinski definition) is 4. The van der Waals surface area contributed by atoms with E-state index in [1.165, 1.54) is 19.3 Å². The van der Waals surface area contributed by atoms with Gasteiger partial charge in [-0.2, -0.15) is 0 Å². The Morgan fingerprint density at radius 1 is 0.857 bits per heavy atom. The van der Waals surface area contributed by atoms with Crippen molar-refractivity contribution in [2.45, 2.75) is 115 Å². The molecule has 1 saturated heterocycles. The van der Waals surface area contributed by atoms with Crippen LogP contribution in [-0.2, 0) is 19.1 Å². The third kappa shape index (κ3) is 3.99. The highest BCUT2D eigenvalue weighted by Crippen LogP contribution is 2.67. The van der Waals surface area contributed by atoms with Crippen LogP contribution in [0.2, 0.25) is 0 Å². The van der Waals surface area contributed by atoms with Crippen LogP contribution in [0.4, 0.5) is 0 Å². The van der Waals surface area contributed by atoms with Crippen molar-refractivity contribution in [3.63, 3.8) is 0 Å². The predicted octanol–water partition coefficient (Wildman–Crippen LogP) is 2.51. The highest BCUT2D eigenvalue weighted by Gasteiger charge is 2.61. The maximum Gasteiger partial charge on any atom is 0.335 e. The Morgan fingerprint density at radius 2 is 1.54 bits per heavy atom. The van der Waals surface area contributed by atoms with Crippen LogP contribution in [0.3, 0.4) is 0 Å². The minimum atomic E-state index is -1.71. The van der Waals surface area contributed by atoms with Crippen molar-refractivity contribution in [1.82, 2.24) is 0 Å². The zero-order valence-corrected chi connectivity index (χ0v) is 21.1. The first-order chi connectivity index (χ1) is 16.5. The van der Waals surface area contributed by atoms with E-state index in [1.54, 1.807) is 6.92 Å². The van der Waals surface area contributed by atoms with Crippen molar-refractivity contribution in [3.8, 4) is 0 Å². The van der Waals surface area contributed by atoms with Crippen molar-refractivity contribution >= 4 is 11.8 Å². The molecule has 0 spiro atoms. The van der Waals surface area contributed by atoms with Gasteiger partial charge >= 0.3 is 5.97 Å². The number of carboxylic acid groups (broad SMARTS) is 1. The first-order valence-electron chi connectivity index (χ1n) is 13.6. The molecular formula is C27H42O8. The lowest BCUT2D eigenvalue weighted by atomic mass is 9.44. The predicted molar refractivity (Wildman–Crippen MR) is 125 cm³/mol. The van der Waals surface area contributed by atoms with Gasteiger partial charge in [0.2, 0.25) is 0 Å². The normalized spacial score (nSPS) is 53.8. The van der Waals surface area contributed by atoms with E-state index in [1.807, 2.05) is 0 Å². The quantitative estimate of drug-likeness (QED) is 0.438. The van der Waals surface area contributed by atoms with E-state index >= 15 is 0 Å². The minimum Gasteiger partial charge on any atom is -0.479 e. The Bertz CT molecular complexity index is 847. The molecule has 13 atom stereocenters. The summed E-state index contributed by atoms with van der Waals surface area (Å²) in [5, 5.41) is 39.7. The highest BCUT2D eigenvalue weighted by molar-refractivity contribution is 5.79. The molecule has 0 aromatic heterocycles. The summed E-state index contributed by atoms with van der Waals surface area (Å²) in [6, 6.07) is 0. The van der Waals surface area contributed by atoms with Crippen LogP contribution < -0.4 is 0 Å². The van der Waals surface area contributed by atoms with E-state index in [9.17, 15) is 30.0 Å². The number of carboxylic acids is 1. The second kappa shape index (κ2) is 9.05. The molecule has 8 heteroatoms. The van der Waals surface area contributed by atoms with Crippen LogP contribution in [0.25, 0.3) is 0 Å². The van der Waals surface area contributed by atoms with Crippen LogP contribution in [0, 0.1) is 40.4 Å². The fraction of sp³-hybridized carbons (Fsp3) is 0.926. The Morgan fingerprint density at radius 3 is 2.23 bits per heavy atom. The molecule has 8 nitrogen and oxygen atoms in total. The number of rotatable bonds is 4. The summed E-state index contributed by atoms with van der Waals surface area (Å²) >= 11 is 0. The SMILES string of the molecule is CC(=O)C1CCC2C3CCC4C[C@H](O[C@@H]5OC(C(=O)O)[C@@H](O)[C@H](O)[C@H]5O)CCC4(C)C3CCC12C. The summed E-state index contributed by atoms with van der Waals surface area (Å²) in [6.45, 7) is 6.59. The van der Waals surface area contributed by atoms with Crippen molar-refractivity contribution in [2.24, 2.45) is 40.4 Å². The van der Waals surface area contributed by atoms with Crippen molar-refractivity contribution < 1.29 is 39.5 Å². The number of aliphatic hydroxyl groups is 3. The van der Waals surface area contributed by atoms with Crippen LogP contribution >= 0.6 is 0 Å². The summed E-state index contributed by atoms with van der Waals surface area (Å²) in [4.78, 5) is 23.8. The van der Waals surface area contributed by atoms with Gasteiger partial charge < -0.3 is 29.9 Å². The van der Waals surface area contributed by atoms with E-state index in [0.717, 1.165) is 38.5 Å². The van der Waals surface area contributed by atoms with Gasteiger partial charge in [0.15, 0.2) is 12.4 Å². The summed E-state index contributed by atoms with van der Waals surface area (Å²) in [7, 11) is 0. The molecule has 4 saturated carbocycles. The van der Waals surface area contributed by atoms with Gasteiger partial charge in [-0.25, -0.2) is 4.79 Å². The zero-order valence-electron chi connectivity index (χ0n) is 21.1. The number of Topliss-reactive ketones (excluding diaryl/α,β-unsaturated/α-hetero) is 1. The minimum absolute atomic E-state index is 0.150. The van der Waals surface area contributed by atoms with E-state index in [-0.39, 0.29) is 22.9 Å². The second-order valence-electron chi connectivity index (χ2n) is 12.7. The van der Waals surface area contributed by atoms with Crippen molar-refractivity contribution in [2.75, 3.05) is 0 Å². The van der Waals surface area contributed by atoms with Gasteiger partial charge in [-0.15, -0.1) is 0 Å². The van der Waals surface area contributed by atoms with Gasteiger partial charge in [0.1, 0.15) is 24.1 Å². The average Bonchev–Trinajstić information content (AvgIpc) is 3.17. The van der Waals surface area contributed by atoms with Crippen LogP contribution in [0.15, 0.2) is 0 Å². The number of ketones is 1. The Hall–Kier alpha value is -1.06. The summed E-state index contributed by atoms with van der Waals surface area (Å²) in [6.07, 6.45) is 1.46. The lowest BCUT2D eigenvalue weighted by molar-refractivity contribution is -0.309. The van der Waals surface area contributed by atoms with Crippen LogP contribution in [-0.4, -0.2) is 69.0 Å². The topological polar surface area (TPSA) is 134 Å². The smallest absolute Gasteiger partial charge is 0.335 e. The molecule has 0 aromatic rings. The number of hydrogen-bond acceptors (Lipinski definition) is 7.